The number of carboxylic acids is 1. The summed E-state index contributed by atoms with van der Waals surface area (Å²) in [6, 6.07) is 14.2. The van der Waals surface area contributed by atoms with Crippen molar-refractivity contribution in [3.8, 4) is 0 Å². The number of hydrogen-bond acceptors (Lipinski definition) is 4. The number of rotatable bonds is 6. The molecule has 0 aromatic heterocycles. The number of benzene rings is 2. The molecular weight excluding hydrogens is 306 g/mol. The van der Waals surface area contributed by atoms with Crippen LogP contribution in [0.2, 0.25) is 0 Å². The molecule has 0 amide bonds. The lowest BCUT2D eigenvalue weighted by Crippen LogP contribution is -2.18. The molecule has 0 aliphatic rings. The second kappa shape index (κ2) is 7.37. The lowest BCUT2D eigenvalue weighted by atomic mass is 9.96. The SMILES string of the molecule is CN(C)/C=C(\C(=O)C(=O)c1ccccc1)c1ccc(C(=O)O)cc1. The molecule has 0 aliphatic heterocycles. The summed E-state index contributed by atoms with van der Waals surface area (Å²) in [4.78, 5) is 37.7. The van der Waals surface area contributed by atoms with Crippen LogP contribution in [0.5, 0.6) is 0 Å². The predicted molar refractivity (Wildman–Crippen MR) is 90.8 cm³/mol. The molecular formula is C19H17NO4. The molecule has 0 heterocycles. The largest absolute Gasteiger partial charge is 0.478 e. The van der Waals surface area contributed by atoms with Crippen LogP contribution >= 0.6 is 0 Å². The van der Waals surface area contributed by atoms with Crippen LogP contribution in [0.3, 0.4) is 0 Å². The maximum atomic E-state index is 12.6. The number of allylic oxidation sites excluding steroid dienone is 1. The first-order valence-electron chi connectivity index (χ1n) is 7.26. The maximum Gasteiger partial charge on any atom is 0.335 e. The number of hydrogen-bond donors (Lipinski definition) is 1. The van der Waals surface area contributed by atoms with Gasteiger partial charge in [0.1, 0.15) is 0 Å². The molecule has 2 aromatic carbocycles. The Balaban J connectivity index is 2.40. The summed E-state index contributed by atoms with van der Waals surface area (Å²) in [5, 5.41) is 8.96. The fourth-order valence-corrected chi connectivity index (χ4v) is 2.16. The zero-order valence-electron chi connectivity index (χ0n) is 13.4. The molecule has 2 aromatic rings. The Hall–Kier alpha value is -3.21. The third kappa shape index (κ3) is 3.95. The predicted octanol–water partition coefficient (Wildman–Crippen LogP) is 2.74. The maximum absolute atomic E-state index is 12.6. The first-order valence-corrected chi connectivity index (χ1v) is 7.26. The molecule has 0 fully saturated rings. The van der Waals surface area contributed by atoms with Gasteiger partial charge in [-0.15, -0.1) is 0 Å². The van der Waals surface area contributed by atoms with E-state index in [-0.39, 0.29) is 11.1 Å². The first-order chi connectivity index (χ1) is 11.4. The molecule has 122 valence electrons. The van der Waals surface area contributed by atoms with E-state index in [4.69, 9.17) is 5.11 Å². The van der Waals surface area contributed by atoms with E-state index in [1.54, 1.807) is 55.5 Å². The van der Waals surface area contributed by atoms with E-state index in [0.717, 1.165) is 0 Å². The van der Waals surface area contributed by atoms with Crippen molar-refractivity contribution in [1.82, 2.24) is 4.90 Å². The molecule has 0 saturated carbocycles. The fourth-order valence-electron chi connectivity index (χ4n) is 2.16. The summed E-state index contributed by atoms with van der Waals surface area (Å²) in [5.41, 5.74) is 1.13. The molecule has 2 rings (SSSR count). The summed E-state index contributed by atoms with van der Waals surface area (Å²) < 4.78 is 0. The van der Waals surface area contributed by atoms with Gasteiger partial charge in [0.15, 0.2) is 0 Å². The highest BCUT2D eigenvalue weighted by Gasteiger charge is 2.22. The highest BCUT2D eigenvalue weighted by atomic mass is 16.4. The number of carboxylic acid groups (broad SMARTS) is 1. The van der Waals surface area contributed by atoms with Crippen molar-refractivity contribution < 1.29 is 19.5 Å². The molecule has 0 aliphatic carbocycles. The summed E-state index contributed by atoms with van der Waals surface area (Å²) >= 11 is 0. The van der Waals surface area contributed by atoms with Gasteiger partial charge in [-0.1, -0.05) is 42.5 Å². The highest BCUT2D eigenvalue weighted by molar-refractivity contribution is 6.58. The topological polar surface area (TPSA) is 74.7 Å². The van der Waals surface area contributed by atoms with E-state index >= 15 is 0 Å². The van der Waals surface area contributed by atoms with Gasteiger partial charge in [-0.05, 0) is 17.7 Å². The second-order valence-corrected chi connectivity index (χ2v) is 5.41. The Morgan fingerprint density at radius 1 is 0.833 bits per heavy atom. The third-order valence-electron chi connectivity index (χ3n) is 3.32. The molecule has 5 nitrogen and oxygen atoms in total. The van der Waals surface area contributed by atoms with Crippen molar-refractivity contribution in [3.63, 3.8) is 0 Å². The Kier molecular flexibility index (Phi) is 5.27. The van der Waals surface area contributed by atoms with E-state index in [1.807, 2.05) is 0 Å². The smallest absolute Gasteiger partial charge is 0.335 e. The van der Waals surface area contributed by atoms with Crippen molar-refractivity contribution in [2.24, 2.45) is 0 Å². The molecule has 1 N–H and O–H groups in total. The highest BCUT2D eigenvalue weighted by Crippen LogP contribution is 2.19. The lowest BCUT2D eigenvalue weighted by Gasteiger charge is -2.11. The normalized spacial score (nSPS) is 11.0. The van der Waals surface area contributed by atoms with Crippen LogP contribution in [0.25, 0.3) is 5.57 Å². The molecule has 24 heavy (non-hydrogen) atoms. The van der Waals surface area contributed by atoms with Crippen LogP contribution in [-0.2, 0) is 4.79 Å². The minimum Gasteiger partial charge on any atom is -0.478 e. The van der Waals surface area contributed by atoms with Gasteiger partial charge in [-0.2, -0.15) is 0 Å². The van der Waals surface area contributed by atoms with Gasteiger partial charge < -0.3 is 10.0 Å². The fraction of sp³-hybridized carbons (Fsp3) is 0.105. The van der Waals surface area contributed by atoms with Gasteiger partial charge in [-0.3, -0.25) is 9.59 Å². The van der Waals surface area contributed by atoms with E-state index in [9.17, 15) is 14.4 Å². The Morgan fingerprint density at radius 3 is 1.88 bits per heavy atom. The zero-order valence-corrected chi connectivity index (χ0v) is 13.4. The van der Waals surface area contributed by atoms with Crippen LogP contribution in [0.4, 0.5) is 0 Å². The first kappa shape index (κ1) is 17.1. The average molecular weight is 323 g/mol. The van der Waals surface area contributed by atoms with Crippen LogP contribution in [0.1, 0.15) is 26.3 Å². The number of aromatic carboxylic acids is 1. The standard InChI is InChI=1S/C19H17NO4/c1-20(2)12-16(13-8-10-15(11-9-13)19(23)24)18(22)17(21)14-6-4-3-5-7-14/h3-12H,1-2H3,(H,23,24)/b16-12-. The van der Waals surface area contributed by atoms with E-state index in [2.05, 4.69) is 0 Å². The van der Waals surface area contributed by atoms with Gasteiger partial charge in [0.05, 0.1) is 5.56 Å². The van der Waals surface area contributed by atoms with Crippen molar-refractivity contribution in [2.75, 3.05) is 14.1 Å². The summed E-state index contributed by atoms with van der Waals surface area (Å²) in [5.74, 6) is -2.30. The quantitative estimate of drug-likeness (QED) is 0.502. The van der Waals surface area contributed by atoms with E-state index in [1.165, 1.54) is 24.3 Å². The molecule has 0 saturated heterocycles. The summed E-state index contributed by atoms with van der Waals surface area (Å²) in [6.45, 7) is 0. The van der Waals surface area contributed by atoms with Crippen molar-refractivity contribution in [2.45, 2.75) is 0 Å². The molecule has 0 spiro atoms. The Morgan fingerprint density at radius 2 is 1.38 bits per heavy atom. The number of nitrogens with zero attached hydrogens (tertiary/aromatic N) is 1. The molecule has 0 atom stereocenters. The molecule has 0 unspecified atom stereocenters. The van der Waals surface area contributed by atoms with E-state index in [0.29, 0.717) is 11.1 Å². The van der Waals surface area contributed by atoms with Gasteiger partial charge in [0.25, 0.3) is 0 Å². The monoisotopic (exact) mass is 323 g/mol. The zero-order chi connectivity index (χ0) is 17.7. The second-order valence-electron chi connectivity index (χ2n) is 5.41. The number of Topliss-reactive ketones (excluding diaryl/α,β-unsaturated/α-hetero) is 2. The Labute approximate surface area is 139 Å². The lowest BCUT2D eigenvalue weighted by molar-refractivity contribution is -0.110. The van der Waals surface area contributed by atoms with E-state index < -0.39 is 17.5 Å². The minimum atomic E-state index is -1.05. The van der Waals surface area contributed by atoms with Crippen LogP contribution < -0.4 is 0 Å². The summed E-state index contributed by atoms with van der Waals surface area (Å²) in [6.07, 6.45) is 1.55. The number of ketones is 2. The van der Waals surface area contributed by atoms with Gasteiger partial charge >= 0.3 is 5.97 Å². The van der Waals surface area contributed by atoms with Gasteiger partial charge in [0.2, 0.25) is 11.6 Å². The van der Waals surface area contributed by atoms with Crippen LogP contribution in [0, 0.1) is 0 Å². The number of carbonyl (C=O) groups is 3. The molecule has 0 bridgehead atoms. The van der Waals surface area contributed by atoms with Gasteiger partial charge in [-0.25, -0.2) is 4.79 Å². The van der Waals surface area contributed by atoms with Crippen molar-refractivity contribution >= 4 is 23.1 Å². The van der Waals surface area contributed by atoms with Crippen molar-refractivity contribution in [3.05, 3.63) is 77.5 Å². The average Bonchev–Trinajstić information content (AvgIpc) is 2.59. The minimum absolute atomic E-state index is 0.116. The van der Waals surface area contributed by atoms with Crippen LogP contribution in [0.15, 0.2) is 60.8 Å². The van der Waals surface area contributed by atoms with Gasteiger partial charge in [0, 0.05) is 31.4 Å². The number of carbonyl (C=O) groups excluding carboxylic acids is 2. The molecule has 0 radical (unpaired) electrons. The van der Waals surface area contributed by atoms with Crippen molar-refractivity contribution in [1.29, 1.82) is 0 Å². The summed E-state index contributed by atoms with van der Waals surface area (Å²) in [7, 11) is 3.48. The Bertz CT molecular complexity index is 790. The third-order valence-corrected chi connectivity index (χ3v) is 3.32. The molecule has 5 heteroatoms. The van der Waals surface area contributed by atoms with Crippen LogP contribution in [-0.4, -0.2) is 41.6 Å².